The van der Waals surface area contributed by atoms with Crippen LogP contribution in [0, 0.1) is 19.8 Å². The quantitative estimate of drug-likeness (QED) is 0.771. The van der Waals surface area contributed by atoms with Crippen LogP contribution in [0.5, 0.6) is 0 Å². The van der Waals surface area contributed by atoms with Crippen LogP contribution in [-0.2, 0) is 21.4 Å². The van der Waals surface area contributed by atoms with E-state index in [-0.39, 0.29) is 18.4 Å². The summed E-state index contributed by atoms with van der Waals surface area (Å²) in [7, 11) is -3.44. The number of carbonyl (C=O) groups is 1. The summed E-state index contributed by atoms with van der Waals surface area (Å²) in [5.74, 6) is 0.136. The number of sulfonamides is 1. The van der Waals surface area contributed by atoms with E-state index in [0.29, 0.717) is 35.2 Å². The van der Waals surface area contributed by atoms with Crippen molar-refractivity contribution in [2.24, 2.45) is 5.92 Å². The van der Waals surface area contributed by atoms with Crippen LogP contribution in [0.1, 0.15) is 24.2 Å². The molecule has 1 saturated heterocycles. The summed E-state index contributed by atoms with van der Waals surface area (Å²) in [4.78, 5) is 12.5. The smallest absolute Gasteiger partial charge is 0.243 e. The number of aromatic nitrogens is 2. The molecule has 2 heterocycles. The fraction of sp³-hybridized carbons (Fsp3) is 0.474. The lowest BCUT2D eigenvalue weighted by atomic mass is 9.98. The Kier molecular flexibility index (Phi) is 6.42. The summed E-state index contributed by atoms with van der Waals surface area (Å²) < 4.78 is 28.4. The molecule has 0 saturated carbocycles. The molecule has 0 radical (unpaired) electrons. The fourth-order valence-corrected chi connectivity index (χ4v) is 5.00. The maximum atomic E-state index is 12.7. The molecule has 0 unspecified atom stereocenters. The molecule has 9 heteroatoms. The van der Waals surface area contributed by atoms with Gasteiger partial charge in [-0.1, -0.05) is 29.8 Å². The maximum Gasteiger partial charge on any atom is 0.243 e. The van der Waals surface area contributed by atoms with Gasteiger partial charge in [0.25, 0.3) is 0 Å². The zero-order valence-corrected chi connectivity index (χ0v) is 17.6. The lowest BCUT2D eigenvalue weighted by Gasteiger charge is -2.31. The van der Waals surface area contributed by atoms with Crippen LogP contribution in [-0.4, -0.2) is 48.0 Å². The maximum absolute atomic E-state index is 12.7. The summed E-state index contributed by atoms with van der Waals surface area (Å²) in [6.45, 7) is 5.22. The highest BCUT2D eigenvalue weighted by Crippen LogP contribution is 2.23. The molecule has 0 atom stereocenters. The minimum Gasteiger partial charge on any atom is -0.354 e. The third-order valence-electron chi connectivity index (χ3n) is 5.13. The van der Waals surface area contributed by atoms with Crippen LogP contribution in [0.2, 0.25) is 5.02 Å². The minimum atomic E-state index is -3.44. The van der Waals surface area contributed by atoms with Gasteiger partial charge >= 0.3 is 0 Å². The molecule has 0 aliphatic carbocycles. The number of hydrogen-bond acceptors (Lipinski definition) is 4. The molecule has 1 aliphatic rings. The van der Waals surface area contributed by atoms with Crippen molar-refractivity contribution in [2.45, 2.75) is 38.1 Å². The monoisotopic (exact) mass is 424 g/mol. The van der Waals surface area contributed by atoms with Crippen molar-refractivity contribution >= 4 is 27.5 Å². The molecular weight excluding hydrogens is 400 g/mol. The van der Waals surface area contributed by atoms with Crippen molar-refractivity contribution in [1.82, 2.24) is 19.4 Å². The SMILES string of the molecule is Cc1nn(CC(=O)NCC2CCN(S(=O)(=O)c3ccccc3)CC2)c(C)c1Cl. The van der Waals surface area contributed by atoms with Crippen LogP contribution in [0.3, 0.4) is 0 Å². The summed E-state index contributed by atoms with van der Waals surface area (Å²) in [6, 6.07) is 8.49. The number of halogens is 1. The number of nitrogens with one attached hydrogen (secondary N) is 1. The van der Waals surface area contributed by atoms with Gasteiger partial charge in [-0.3, -0.25) is 9.48 Å². The second kappa shape index (κ2) is 8.63. The van der Waals surface area contributed by atoms with Gasteiger partial charge in [0, 0.05) is 19.6 Å². The highest BCUT2D eigenvalue weighted by atomic mass is 35.5. The van der Waals surface area contributed by atoms with Gasteiger partial charge in [0.05, 0.1) is 21.3 Å². The van der Waals surface area contributed by atoms with Gasteiger partial charge < -0.3 is 5.32 Å². The van der Waals surface area contributed by atoms with Crippen molar-refractivity contribution in [1.29, 1.82) is 0 Å². The molecule has 0 bridgehead atoms. The van der Waals surface area contributed by atoms with Crippen LogP contribution in [0.25, 0.3) is 0 Å². The van der Waals surface area contributed by atoms with Crippen molar-refractivity contribution < 1.29 is 13.2 Å². The molecule has 1 aromatic heterocycles. The Bertz CT molecular complexity index is 936. The highest BCUT2D eigenvalue weighted by molar-refractivity contribution is 7.89. The van der Waals surface area contributed by atoms with E-state index in [0.717, 1.165) is 18.5 Å². The zero-order chi connectivity index (χ0) is 20.3. The number of carbonyl (C=O) groups excluding carboxylic acids is 1. The molecule has 1 aliphatic heterocycles. The van der Waals surface area contributed by atoms with E-state index in [4.69, 9.17) is 11.6 Å². The molecule has 1 N–H and O–H groups in total. The Morgan fingerprint density at radius 1 is 1.21 bits per heavy atom. The summed E-state index contributed by atoms with van der Waals surface area (Å²) >= 11 is 6.11. The first-order valence-corrected chi connectivity index (χ1v) is 11.1. The standard InChI is InChI=1S/C19H25ClN4O3S/c1-14-19(20)15(2)24(22-14)13-18(25)21-12-16-8-10-23(11-9-16)28(26,27)17-6-4-3-5-7-17/h3-7,16H,8-13H2,1-2H3,(H,21,25). The second-order valence-corrected chi connectivity index (χ2v) is 9.42. The van der Waals surface area contributed by atoms with E-state index in [9.17, 15) is 13.2 Å². The normalized spacial score (nSPS) is 16.2. The lowest BCUT2D eigenvalue weighted by Crippen LogP contribution is -2.42. The number of nitrogens with zero attached hydrogens (tertiary/aromatic N) is 3. The summed E-state index contributed by atoms with van der Waals surface area (Å²) in [6.07, 6.45) is 1.44. The first-order chi connectivity index (χ1) is 13.3. The Balaban J connectivity index is 1.48. The van der Waals surface area contributed by atoms with Gasteiger partial charge in [-0.15, -0.1) is 0 Å². The first kappa shape index (κ1) is 20.8. The lowest BCUT2D eigenvalue weighted by molar-refractivity contribution is -0.122. The molecular formula is C19H25ClN4O3S. The molecule has 1 fully saturated rings. The van der Waals surface area contributed by atoms with Crippen molar-refractivity contribution in [2.75, 3.05) is 19.6 Å². The van der Waals surface area contributed by atoms with E-state index in [1.165, 1.54) is 4.31 Å². The molecule has 28 heavy (non-hydrogen) atoms. The first-order valence-electron chi connectivity index (χ1n) is 9.30. The number of rotatable bonds is 6. The minimum absolute atomic E-state index is 0.124. The molecule has 1 aromatic carbocycles. The fourth-order valence-electron chi connectivity index (χ4n) is 3.37. The van der Waals surface area contributed by atoms with Gasteiger partial charge in [0.15, 0.2) is 0 Å². The number of hydrogen-bond donors (Lipinski definition) is 1. The number of amides is 1. The summed E-state index contributed by atoms with van der Waals surface area (Å²) in [5.41, 5.74) is 1.48. The largest absolute Gasteiger partial charge is 0.354 e. The third kappa shape index (κ3) is 4.56. The third-order valence-corrected chi connectivity index (χ3v) is 7.59. The van der Waals surface area contributed by atoms with Crippen LogP contribution < -0.4 is 5.32 Å². The van der Waals surface area contributed by atoms with Crippen molar-refractivity contribution in [3.8, 4) is 0 Å². The van der Waals surface area contributed by atoms with Crippen molar-refractivity contribution in [3.63, 3.8) is 0 Å². The van der Waals surface area contributed by atoms with Crippen LogP contribution >= 0.6 is 11.6 Å². The van der Waals surface area contributed by atoms with E-state index < -0.39 is 10.0 Å². The second-order valence-electron chi connectivity index (χ2n) is 7.11. The average molecular weight is 425 g/mol. The molecule has 7 nitrogen and oxygen atoms in total. The molecule has 0 spiro atoms. The van der Waals surface area contributed by atoms with E-state index in [1.54, 1.807) is 41.9 Å². The van der Waals surface area contributed by atoms with Gasteiger partial charge in [0.1, 0.15) is 6.54 Å². The van der Waals surface area contributed by atoms with Gasteiger partial charge in [-0.25, -0.2) is 8.42 Å². The average Bonchev–Trinajstić information content (AvgIpc) is 2.94. The van der Waals surface area contributed by atoms with Gasteiger partial charge in [-0.05, 0) is 44.7 Å². The summed E-state index contributed by atoms with van der Waals surface area (Å²) in [5, 5.41) is 7.78. The number of benzene rings is 1. The highest BCUT2D eigenvalue weighted by Gasteiger charge is 2.29. The van der Waals surface area contributed by atoms with E-state index >= 15 is 0 Å². The Morgan fingerprint density at radius 2 is 1.86 bits per heavy atom. The van der Waals surface area contributed by atoms with Crippen molar-refractivity contribution in [3.05, 3.63) is 46.7 Å². The van der Waals surface area contributed by atoms with E-state index in [2.05, 4.69) is 10.4 Å². The van der Waals surface area contributed by atoms with E-state index in [1.807, 2.05) is 6.92 Å². The predicted molar refractivity (Wildman–Crippen MR) is 108 cm³/mol. The molecule has 2 aromatic rings. The number of aryl methyl sites for hydroxylation is 1. The predicted octanol–water partition coefficient (Wildman–Crippen LogP) is 2.37. The zero-order valence-electron chi connectivity index (χ0n) is 16.1. The Hall–Kier alpha value is -1.90. The van der Waals surface area contributed by atoms with Gasteiger partial charge in [0.2, 0.25) is 15.9 Å². The Labute approximate surface area is 170 Å². The van der Waals surface area contributed by atoms with Crippen LogP contribution in [0.15, 0.2) is 35.2 Å². The topological polar surface area (TPSA) is 84.3 Å². The Morgan fingerprint density at radius 3 is 2.43 bits per heavy atom. The van der Waals surface area contributed by atoms with Crippen LogP contribution in [0.4, 0.5) is 0 Å². The molecule has 152 valence electrons. The molecule has 1 amide bonds. The number of piperidine rings is 1. The molecule has 3 rings (SSSR count). The van der Waals surface area contributed by atoms with Gasteiger partial charge in [-0.2, -0.15) is 9.40 Å².